The number of carbonyl (C=O) groups is 1. The van der Waals surface area contributed by atoms with Gasteiger partial charge in [-0.05, 0) is 6.07 Å². The Kier molecular flexibility index (Phi) is 3.54. The molecule has 7 nitrogen and oxygen atoms in total. The van der Waals surface area contributed by atoms with E-state index < -0.39 is 4.92 Å². The van der Waals surface area contributed by atoms with E-state index in [9.17, 15) is 14.9 Å². The summed E-state index contributed by atoms with van der Waals surface area (Å²) in [5.41, 5.74) is 1.08. The van der Waals surface area contributed by atoms with Crippen molar-refractivity contribution in [2.24, 2.45) is 7.05 Å². The van der Waals surface area contributed by atoms with Crippen LogP contribution in [0, 0.1) is 10.1 Å². The van der Waals surface area contributed by atoms with E-state index in [1.165, 1.54) is 16.8 Å². The monoisotopic (exact) mass is 301 g/mol. The van der Waals surface area contributed by atoms with Gasteiger partial charge in [-0.2, -0.15) is 0 Å². The van der Waals surface area contributed by atoms with Gasteiger partial charge in [0.25, 0.3) is 11.6 Å². The molecule has 1 aliphatic rings. The van der Waals surface area contributed by atoms with Crippen molar-refractivity contribution >= 4 is 11.6 Å². The highest BCUT2D eigenvalue weighted by Crippen LogP contribution is 2.31. The second-order valence-corrected chi connectivity index (χ2v) is 5.15. The number of ether oxygens (including phenoxy) is 1. The number of para-hydroxylation sites is 1. The highest BCUT2D eigenvalue weighted by Gasteiger charge is 2.25. The number of benzene rings is 1. The van der Waals surface area contributed by atoms with Crippen LogP contribution in [-0.2, 0) is 7.05 Å². The summed E-state index contributed by atoms with van der Waals surface area (Å²) in [5.74, 6) is 0.425. The number of nitrogens with zero attached hydrogens (tertiary/aromatic N) is 2. The molecule has 0 aliphatic carbocycles. The van der Waals surface area contributed by atoms with Crippen LogP contribution in [-0.4, -0.2) is 22.0 Å². The Morgan fingerprint density at radius 2 is 2.23 bits per heavy atom. The number of aryl methyl sites for hydroxylation is 1. The predicted molar refractivity (Wildman–Crippen MR) is 78.8 cm³/mol. The van der Waals surface area contributed by atoms with E-state index in [2.05, 4.69) is 5.32 Å². The third-order valence-electron chi connectivity index (χ3n) is 3.70. The van der Waals surface area contributed by atoms with Crippen LogP contribution in [0.1, 0.15) is 28.5 Å². The van der Waals surface area contributed by atoms with Crippen molar-refractivity contribution < 1.29 is 14.5 Å². The van der Waals surface area contributed by atoms with Gasteiger partial charge in [0.1, 0.15) is 11.4 Å². The Balaban J connectivity index is 1.82. The summed E-state index contributed by atoms with van der Waals surface area (Å²) in [7, 11) is 1.61. The lowest BCUT2D eigenvalue weighted by Gasteiger charge is -2.26. The van der Waals surface area contributed by atoms with Gasteiger partial charge in [-0.1, -0.05) is 18.2 Å². The van der Waals surface area contributed by atoms with E-state index in [0.717, 1.165) is 11.3 Å². The highest BCUT2D eigenvalue weighted by molar-refractivity contribution is 5.93. The number of fused-ring (bicyclic) bond motifs is 1. The van der Waals surface area contributed by atoms with Crippen LogP contribution in [0.5, 0.6) is 5.75 Å². The van der Waals surface area contributed by atoms with Gasteiger partial charge < -0.3 is 14.6 Å². The molecule has 1 amide bonds. The summed E-state index contributed by atoms with van der Waals surface area (Å²) in [6, 6.07) is 8.66. The molecular formula is C15H15N3O4. The Labute approximate surface area is 126 Å². The van der Waals surface area contributed by atoms with Gasteiger partial charge in [0, 0.05) is 25.1 Å². The van der Waals surface area contributed by atoms with E-state index in [-0.39, 0.29) is 23.3 Å². The number of aromatic nitrogens is 1. The van der Waals surface area contributed by atoms with Crippen molar-refractivity contribution in [3.63, 3.8) is 0 Å². The van der Waals surface area contributed by atoms with Crippen LogP contribution in [0.2, 0.25) is 0 Å². The molecule has 1 unspecified atom stereocenters. The number of rotatable bonds is 3. The van der Waals surface area contributed by atoms with Gasteiger partial charge in [-0.25, -0.2) is 0 Å². The molecule has 1 aliphatic heterocycles. The Morgan fingerprint density at radius 3 is 2.95 bits per heavy atom. The number of amides is 1. The third-order valence-corrected chi connectivity index (χ3v) is 3.70. The van der Waals surface area contributed by atoms with Crippen molar-refractivity contribution in [2.45, 2.75) is 12.5 Å². The molecule has 1 aromatic carbocycles. The lowest BCUT2D eigenvalue weighted by Crippen LogP contribution is -2.33. The first-order valence-electron chi connectivity index (χ1n) is 6.89. The van der Waals surface area contributed by atoms with Gasteiger partial charge in [0.2, 0.25) is 0 Å². The Morgan fingerprint density at radius 1 is 1.45 bits per heavy atom. The molecule has 2 aromatic rings. The van der Waals surface area contributed by atoms with Crippen LogP contribution >= 0.6 is 0 Å². The number of nitro groups is 1. The van der Waals surface area contributed by atoms with Crippen LogP contribution < -0.4 is 10.1 Å². The van der Waals surface area contributed by atoms with Crippen LogP contribution in [0.4, 0.5) is 5.69 Å². The first-order chi connectivity index (χ1) is 10.6. The predicted octanol–water partition coefficient (Wildman–Crippen LogP) is 2.19. The molecule has 0 fully saturated rings. The van der Waals surface area contributed by atoms with Crippen molar-refractivity contribution in [2.75, 3.05) is 6.61 Å². The second kappa shape index (κ2) is 5.51. The van der Waals surface area contributed by atoms with Gasteiger partial charge in [0.05, 0.1) is 23.8 Å². The molecule has 114 valence electrons. The minimum Gasteiger partial charge on any atom is -0.493 e. The minimum absolute atomic E-state index is 0.0972. The number of hydrogen-bond acceptors (Lipinski definition) is 4. The summed E-state index contributed by atoms with van der Waals surface area (Å²) in [5, 5.41) is 13.7. The number of carbonyl (C=O) groups excluding carboxylic acids is 1. The van der Waals surface area contributed by atoms with E-state index in [1.54, 1.807) is 7.05 Å². The summed E-state index contributed by atoms with van der Waals surface area (Å²) in [6.45, 7) is 0.523. The number of hydrogen-bond donors (Lipinski definition) is 1. The summed E-state index contributed by atoms with van der Waals surface area (Å²) < 4.78 is 7.01. The average Bonchev–Trinajstić information content (AvgIpc) is 2.90. The third kappa shape index (κ3) is 2.52. The molecule has 0 saturated heterocycles. The molecule has 1 aromatic heterocycles. The van der Waals surface area contributed by atoms with Gasteiger partial charge in [-0.3, -0.25) is 14.9 Å². The second-order valence-electron chi connectivity index (χ2n) is 5.15. The summed E-state index contributed by atoms with van der Waals surface area (Å²) in [6.07, 6.45) is 1.99. The van der Waals surface area contributed by atoms with Gasteiger partial charge in [0.15, 0.2) is 0 Å². The zero-order valence-electron chi connectivity index (χ0n) is 12.0. The fourth-order valence-corrected chi connectivity index (χ4v) is 2.60. The maximum Gasteiger partial charge on any atom is 0.287 e. The van der Waals surface area contributed by atoms with Gasteiger partial charge >= 0.3 is 0 Å². The largest absolute Gasteiger partial charge is 0.493 e. The molecule has 0 spiro atoms. The molecule has 0 bridgehead atoms. The molecule has 1 atom stereocenters. The first kappa shape index (κ1) is 14.1. The summed E-state index contributed by atoms with van der Waals surface area (Å²) in [4.78, 5) is 22.7. The first-order valence-corrected chi connectivity index (χ1v) is 6.89. The summed E-state index contributed by atoms with van der Waals surface area (Å²) >= 11 is 0. The molecule has 1 N–H and O–H groups in total. The average molecular weight is 301 g/mol. The minimum atomic E-state index is -0.513. The van der Waals surface area contributed by atoms with Crippen molar-refractivity contribution in [3.8, 4) is 5.75 Å². The quantitative estimate of drug-likeness (QED) is 0.695. The molecule has 7 heteroatoms. The Bertz CT molecular complexity index is 738. The topological polar surface area (TPSA) is 86.4 Å². The van der Waals surface area contributed by atoms with Crippen LogP contribution in [0.3, 0.4) is 0 Å². The lowest BCUT2D eigenvalue weighted by atomic mass is 10.0. The smallest absolute Gasteiger partial charge is 0.287 e. The number of nitrogens with one attached hydrogen (secondary N) is 1. The molecule has 22 heavy (non-hydrogen) atoms. The van der Waals surface area contributed by atoms with Crippen molar-refractivity contribution in [3.05, 3.63) is 57.9 Å². The SMILES string of the molecule is Cn1cc([N+](=O)[O-])cc1C(=O)NC1CCOc2ccccc21. The van der Waals surface area contributed by atoms with Crippen molar-refractivity contribution in [1.82, 2.24) is 9.88 Å². The van der Waals surface area contributed by atoms with Crippen LogP contribution in [0.25, 0.3) is 0 Å². The van der Waals surface area contributed by atoms with E-state index in [1.807, 2.05) is 24.3 Å². The molecule has 0 radical (unpaired) electrons. The van der Waals surface area contributed by atoms with Crippen molar-refractivity contribution in [1.29, 1.82) is 0 Å². The fourth-order valence-electron chi connectivity index (χ4n) is 2.60. The zero-order valence-corrected chi connectivity index (χ0v) is 12.0. The molecule has 0 saturated carbocycles. The fraction of sp³-hybridized carbons (Fsp3) is 0.267. The normalized spacial score (nSPS) is 16.5. The molecular weight excluding hydrogens is 286 g/mol. The Hall–Kier alpha value is -2.83. The van der Waals surface area contributed by atoms with E-state index in [0.29, 0.717) is 13.0 Å². The zero-order chi connectivity index (χ0) is 15.7. The van der Waals surface area contributed by atoms with E-state index in [4.69, 9.17) is 4.74 Å². The van der Waals surface area contributed by atoms with Crippen LogP contribution in [0.15, 0.2) is 36.5 Å². The maximum atomic E-state index is 12.4. The maximum absolute atomic E-state index is 12.4. The van der Waals surface area contributed by atoms with E-state index >= 15 is 0 Å². The lowest BCUT2D eigenvalue weighted by molar-refractivity contribution is -0.384. The van der Waals surface area contributed by atoms with Gasteiger partial charge in [-0.15, -0.1) is 0 Å². The molecule has 3 rings (SSSR count). The standard InChI is InChI=1S/C15H15N3O4/c1-17-9-10(18(20)21)8-13(17)15(19)16-12-6-7-22-14-5-3-2-4-11(12)14/h2-5,8-9,12H,6-7H2,1H3,(H,16,19). The molecule has 2 heterocycles. The highest BCUT2D eigenvalue weighted by atomic mass is 16.6.